The van der Waals surface area contributed by atoms with E-state index in [2.05, 4.69) is 29.3 Å². The number of hydrogen-bond donors (Lipinski definition) is 0. The maximum absolute atomic E-state index is 12.8. The van der Waals surface area contributed by atoms with Crippen molar-refractivity contribution >= 4 is 11.5 Å². The van der Waals surface area contributed by atoms with Gasteiger partial charge >= 0.3 is 0 Å². The molecule has 0 saturated heterocycles. The van der Waals surface area contributed by atoms with Crippen LogP contribution < -0.4 is 4.74 Å². The second kappa shape index (κ2) is 9.84. The molecular weight excluding hydrogens is 372 g/mol. The molecule has 4 rings (SSSR count). The molecule has 30 heavy (non-hydrogen) atoms. The van der Waals surface area contributed by atoms with Crippen LogP contribution in [0.5, 0.6) is 5.75 Å². The first kappa shape index (κ1) is 20.5. The summed E-state index contributed by atoms with van der Waals surface area (Å²) >= 11 is 0. The van der Waals surface area contributed by atoms with E-state index in [1.807, 2.05) is 31.3 Å². The standard InChI is InChI=1S/C26H30N2O2/c1-19-24(12-6-10-22(28-19)16-20-8-7-15-27-18-20)25(29)13-4-3-11-23-17-21-9-2-5-14-26(21)30-23/h2,5,7-9,12,14-15,18,22-23H,3-4,6,10-11,13,16-17H2,1H3. The Balaban J connectivity index is 1.23. The van der Waals surface area contributed by atoms with Gasteiger partial charge in [0, 0.05) is 36.5 Å². The number of allylic oxidation sites excluding steroid dienone is 2. The van der Waals surface area contributed by atoms with E-state index in [1.54, 1.807) is 6.20 Å². The number of carbonyl (C=O) groups is 1. The molecule has 1 aromatic heterocycles. The lowest BCUT2D eigenvalue weighted by Gasteiger charge is -2.12. The highest BCUT2D eigenvalue weighted by atomic mass is 16.5. The molecule has 0 bridgehead atoms. The number of pyridine rings is 1. The van der Waals surface area contributed by atoms with E-state index in [0.717, 1.165) is 62.0 Å². The first-order valence-corrected chi connectivity index (χ1v) is 11.1. The topological polar surface area (TPSA) is 51.5 Å². The van der Waals surface area contributed by atoms with Crippen LogP contribution in [0.25, 0.3) is 0 Å². The Morgan fingerprint density at radius 3 is 2.90 bits per heavy atom. The molecule has 2 aliphatic rings. The summed E-state index contributed by atoms with van der Waals surface area (Å²) in [4.78, 5) is 21.9. The maximum atomic E-state index is 12.8. The zero-order valence-electron chi connectivity index (χ0n) is 17.7. The van der Waals surface area contributed by atoms with Gasteiger partial charge in [-0.3, -0.25) is 14.8 Å². The lowest BCUT2D eigenvalue weighted by Crippen LogP contribution is -2.14. The Hall–Kier alpha value is -2.75. The van der Waals surface area contributed by atoms with Crippen molar-refractivity contribution in [1.82, 2.24) is 4.98 Å². The van der Waals surface area contributed by atoms with Gasteiger partial charge in [0.1, 0.15) is 11.9 Å². The van der Waals surface area contributed by atoms with Crippen molar-refractivity contribution < 1.29 is 9.53 Å². The van der Waals surface area contributed by atoms with Crippen LogP contribution in [0, 0.1) is 0 Å². The van der Waals surface area contributed by atoms with E-state index in [0.29, 0.717) is 6.42 Å². The Morgan fingerprint density at radius 2 is 2.07 bits per heavy atom. The van der Waals surface area contributed by atoms with Gasteiger partial charge in [-0.2, -0.15) is 0 Å². The van der Waals surface area contributed by atoms with Gasteiger partial charge in [0.15, 0.2) is 5.78 Å². The SMILES string of the molecule is CC1=NC(Cc2cccnc2)CCC=C1C(=O)CCCCC1Cc2ccccc2O1. The average Bonchev–Trinajstić information content (AvgIpc) is 3.08. The molecule has 4 nitrogen and oxygen atoms in total. The molecule has 2 aliphatic heterocycles. The van der Waals surface area contributed by atoms with E-state index in [4.69, 9.17) is 9.73 Å². The smallest absolute Gasteiger partial charge is 0.164 e. The Kier molecular flexibility index (Phi) is 6.73. The van der Waals surface area contributed by atoms with Crippen LogP contribution in [-0.2, 0) is 17.6 Å². The summed E-state index contributed by atoms with van der Waals surface area (Å²) in [5.41, 5.74) is 4.22. The molecule has 2 aromatic rings. The molecule has 2 atom stereocenters. The Bertz CT molecular complexity index is 908. The number of aromatic nitrogens is 1. The van der Waals surface area contributed by atoms with E-state index in [-0.39, 0.29) is 17.9 Å². The maximum Gasteiger partial charge on any atom is 0.164 e. The number of aliphatic imine (C=N–C) groups is 1. The summed E-state index contributed by atoms with van der Waals surface area (Å²) in [5, 5.41) is 0. The summed E-state index contributed by atoms with van der Waals surface area (Å²) < 4.78 is 6.00. The van der Waals surface area contributed by atoms with Gasteiger partial charge < -0.3 is 4.74 Å². The van der Waals surface area contributed by atoms with Gasteiger partial charge in [-0.1, -0.05) is 30.3 Å². The van der Waals surface area contributed by atoms with Crippen LogP contribution in [0.3, 0.4) is 0 Å². The van der Waals surface area contributed by atoms with Gasteiger partial charge in [0.2, 0.25) is 0 Å². The van der Waals surface area contributed by atoms with Crippen LogP contribution in [0.1, 0.15) is 56.6 Å². The molecule has 2 unspecified atom stereocenters. The van der Waals surface area contributed by atoms with Crippen LogP contribution in [0.2, 0.25) is 0 Å². The van der Waals surface area contributed by atoms with Crippen LogP contribution in [0.4, 0.5) is 0 Å². The third kappa shape index (κ3) is 5.24. The number of hydrogen-bond acceptors (Lipinski definition) is 4. The Morgan fingerprint density at radius 1 is 1.17 bits per heavy atom. The number of unbranched alkanes of at least 4 members (excludes halogenated alkanes) is 1. The minimum atomic E-state index is 0.219. The van der Waals surface area contributed by atoms with Crippen molar-refractivity contribution in [2.24, 2.45) is 4.99 Å². The number of rotatable bonds is 8. The molecule has 0 N–H and O–H groups in total. The molecular formula is C26H30N2O2. The lowest BCUT2D eigenvalue weighted by atomic mass is 9.99. The summed E-state index contributed by atoms with van der Waals surface area (Å²) in [6.07, 6.45) is 13.3. The second-order valence-corrected chi connectivity index (χ2v) is 8.35. The molecule has 0 saturated carbocycles. The molecule has 3 heterocycles. The minimum absolute atomic E-state index is 0.219. The molecule has 0 spiro atoms. The van der Waals surface area contributed by atoms with Crippen molar-refractivity contribution in [3.8, 4) is 5.75 Å². The van der Waals surface area contributed by atoms with Crippen molar-refractivity contribution in [1.29, 1.82) is 0 Å². The first-order chi connectivity index (χ1) is 14.7. The highest BCUT2D eigenvalue weighted by Gasteiger charge is 2.22. The number of ketones is 1. The summed E-state index contributed by atoms with van der Waals surface area (Å²) in [5.74, 6) is 1.25. The number of benzene rings is 1. The van der Waals surface area contributed by atoms with Gasteiger partial charge in [-0.05, 0) is 68.7 Å². The molecule has 0 fully saturated rings. The van der Waals surface area contributed by atoms with Crippen molar-refractivity contribution in [2.45, 2.75) is 70.4 Å². The number of nitrogens with zero attached hydrogens (tertiary/aromatic N) is 2. The predicted molar refractivity (Wildman–Crippen MR) is 120 cm³/mol. The van der Waals surface area contributed by atoms with Crippen molar-refractivity contribution in [3.05, 3.63) is 71.6 Å². The fourth-order valence-corrected chi connectivity index (χ4v) is 4.44. The fourth-order valence-electron chi connectivity index (χ4n) is 4.44. The number of Topliss-reactive ketones (excluding diaryl/α,β-unsaturated/α-hetero) is 1. The van der Waals surface area contributed by atoms with Crippen molar-refractivity contribution in [3.63, 3.8) is 0 Å². The first-order valence-electron chi connectivity index (χ1n) is 11.1. The lowest BCUT2D eigenvalue weighted by molar-refractivity contribution is -0.115. The third-order valence-corrected chi connectivity index (χ3v) is 6.00. The summed E-state index contributed by atoms with van der Waals surface area (Å²) in [6.45, 7) is 1.98. The van der Waals surface area contributed by atoms with E-state index in [1.165, 1.54) is 11.1 Å². The van der Waals surface area contributed by atoms with Gasteiger partial charge in [-0.15, -0.1) is 0 Å². The number of para-hydroxylation sites is 1. The van der Waals surface area contributed by atoms with Crippen LogP contribution in [-0.4, -0.2) is 28.6 Å². The van der Waals surface area contributed by atoms with E-state index >= 15 is 0 Å². The number of fused-ring (bicyclic) bond motifs is 1. The predicted octanol–water partition coefficient (Wildman–Crippen LogP) is 5.31. The highest BCUT2D eigenvalue weighted by Crippen LogP contribution is 2.30. The molecule has 0 amide bonds. The average molecular weight is 403 g/mol. The van der Waals surface area contributed by atoms with Crippen molar-refractivity contribution in [2.75, 3.05) is 0 Å². The number of ether oxygens (including phenoxy) is 1. The molecule has 0 radical (unpaired) electrons. The highest BCUT2D eigenvalue weighted by molar-refractivity contribution is 6.21. The van der Waals surface area contributed by atoms with Gasteiger partial charge in [0.25, 0.3) is 0 Å². The zero-order valence-corrected chi connectivity index (χ0v) is 17.7. The third-order valence-electron chi connectivity index (χ3n) is 6.00. The summed E-state index contributed by atoms with van der Waals surface area (Å²) in [7, 11) is 0. The zero-order chi connectivity index (χ0) is 20.8. The van der Waals surface area contributed by atoms with Crippen LogP contribution in [0.15, 0.2) is 65.4 Å². The molecule has 156 valence electrons. The molecule has 0 aliphatic carbocycles. The van der Waals surface area contributed by atoms with Gasteiger partial charge in [0.05, 0.1) is 6.04 Å². The van der Waals surface area contributed by atoms with Gasteiger partial charge in [-0.25, -0.2) is 0 Å². The monoisotopic (exact) mass is 402 g/mol. The summed E-state index contributed by atoms with van der Waals surface area (Å²) in [6, 6.07) is 12.5. The second-order valence-electron chi connectivity index (χ2n) is 8.35. The fraction of sp³-hybridized carbons (Fsp3) is 0.423. The van der Waals surface area contributed by atoms with E-state index in [9.17, 15) is 4.79 Å². The molecule has 1 aromatic carbocycles. The Labute approximate surface area is 179 Å². The normalized spacial score (nSPS) is 20.6. The van der Waals surface area contributed by atoms with Crippen LogP contribution >= 0.6 is 0 Å². The largest absolute Gasteiger partial charge is 0.490 e. The number of carbonyl (C=O) groups excluding carboxylic acids is 1. The quantitative estimate of drug-likeness (QED) is 0.563. The minimum Gasteiger partial charge on any atom is -0.490 e. The molecule has 4 heteroatoms. The van der Waals surface area contributed by atoms with E-state index < -0.39 is 0 Å².